The first-order chi connectivity index (χ1) is 14.2. The molecule has 1 fully saturated rings. The molecule has 3 aromatic rings. The molecule has 29 heavy (non-hydrogen) atoms. The Hall–Kier alpha value is -3.68. The number of anilines is 3. The van der Waals surface area contributed by atoms with Gasteiger partial charge in [0.1, 0.15) is 5.75 Å². The standard InChI is InChI=1S/C21H22N6O2/c1-29-19-6-3-2-5-18(19)25-17-13-16(14-22-15-17)20(28)26-9-11-27(12-10-26)21-23-7-4-8-24-21/h2-8,13-15,25H,9-12H2,1H3. The monoisotopic (exact) mass is 390 g/mol. The fraction of sp³-hybridized carbons (Fsp3) is 0.238. The summed E-state index contributed by atoms with van der Waals surface area (Å²) in [5.74, 6) is 1.39. The lowest BCUT2D eigenvalue weighted by Crippen LogP contribution is -2.49. The second-order valence-electron chi connectivity index (χ2n) is 6.62. The smallest absolute Gasteiger partial charge is 0.255 e. The van der Waals surface area contributed by atoms with E-state index in [0.717, 1.165) is 17.1 Å². The molecule has 1 saturated heterocycles. The van der Waals surface area contributed by atoms with E-state index in [1.807, 2.05) is 35.2 Å². The van der Waals surface area contributed by atoms with Crippen molar-refractivity contribution in [1.29, 1.82) is 0 Å². The Labute approximate surface area is 169 Å². The van der Waals surface area contributed by atoms with Gasteiger partial charge in [-0.3, -0.25) is 9.78 Å². The average molecular weight is 390 g/mol. The molecule has 1 aromatic carbocycles. The van der Waals surface area contributed by atoms with Crippen LogP contribution < -0.4 is 15.0 Å². The molecule has 0 unspecified atom stereocenters. The first kappa shape index (κ1) is 18.7. The van der Waals surface area contributed by atoms with Gasteiger partial charge in [0.05, 0.1) is 30.2 Å². The van der Waals surface area contributed by atoms with Gasteiger partial charge in [-0.1, -0.05) is 12.1 Å². The second-order valence-corrected chi connectivity index (χ2v) is 6.62. The van der Waals surface area contributed by atoms with Crippen molar-refractivity contribution >= 4 is 23.2 Å². The molecule has 0 bridgehead atoms. The van der Waals surface area contributed by atoms with E-state index in [0.29, 0.717) is 37.7 Å². The summed E-state index contributed by atoms with van der Waals surface area (Å²) in [6.45, 7) is 2.62. The van der Waals surface area contributed by atoms with Crippen molar-refractivity contribution in [2.24, 2.45) is 0 Å². The minimum absolute atomic E-state index is 0.0326. The zero-order valence-electron chi connectivity index (χ0n) is 16.2. The van der Waals surface area contributed by atoms with Gasteiger partial charge in [0.15, 0.2) is 0 Å². The number of nitrogens with zero attached hydrogens (tertiary/aromatic N) is 5. The summed E-state index contributed by atoms with van der Waals surface area (Å²) in [5, 5.41) is 3.27. The van der Waals surface area contributed by atoms with Crippen LogP contribution in [0.5, 0.6) is 5.75 Å². The maximum Gasteiger partial charge on any atom is 0.255 e. The van der Waals surface area contributed by atoms with Crippen LogP contribution >= 0.6 is 0 Å². The highest BCUT2D eigenvalue weighted by Crippen LogP contribution is 2.27. The van der Waals surface area contributed by atoms with Crippen LogP contribution in [0.4, 0.5) is 17.3 Å². The number of hydrogen-bond donors (Lipinski definition) is 1. The number of hydrogen-bond acceptors (Lipinski definition) is 7. The van der Waals surface area contributed by atoms with Gasteiger partial charge in [0.2, 0.25) is 5.95 Å². The lowest BCUT2D eigenvalue weighted by atomic mass is 10.2. The molecule has 1 aliphatic rings. The van der Waals surface area contributed by atoms with Crippen molar-refractivity contribution in [3.8, 4) is 5.75 Å². The minimum Gasteiger partial charge on any atom is -0.495 e. The summed E-state index contributed by atoms with van der Waals surface area (Å²) in [5.41, 5.74) is 2.10. The Morgan fingerprint density at radius 3 is 2.55 bits per heavy atom. The van der Waals surface area contributed by atoms with Crippen LogP contribution in [0.1, 0.15) is 10.4 Å². The van der Waals surface area contributed by atoms with Crippen LogP contribution in [0.25, 0.3) is 0 Å². The van der Waals surface area contributed by atoms with Crippen molar-refractivity contribution in [2.45, 2.75) is 0 Å². The molecule has 0 atom stereocenters. The van der Waals surface area contributed by atoms with Gasteiger partial charge in [-0.25, -0.2) is 9.97 Å². The van der Waals surface area contributed by atoms with Crippen molar-refractivity contribution < 1.29 is 9.53 Å². The molecule has 4 rings (SSSR count). The number of rotatable bonds is 5. The molecule has 8 heteroatoms. The maximum atomic E-state index is 13.0. The second kappa shape index (κ2) is 8.55. The Morgan fingerprint density at radius 1 is 1.03 bits per heavy atom. The van der Waals surface area contributed by atoms with E-state index in [1.54, 1.807) is 38.0 Å². The zero-order valence-corrected chi connectivity index (χ0v) is 16.2. The molecule has 3 heterocycles. The fourth-order valence-corrected chi connectivity index (χ4v) is 3.28. The van der Waals surface area contributed by atoms with E-state index in [2.05, 4.69) is 25.2 Å². The third-order valence-electron chi connectivity index (χ3n) is 4.77. The molecular weight excluding hydrogens is 368 g/mol. The van der Waals surface area contributed by atoms with Gasteiger partial charge >= 0.3 is 0 Å². The molecule has 1 aliphatic heterocycles. The number of benzene rings is 1. The van der Waals surface area contributed by atoms with Crippen molar-refractivity contribution in [3.63, 3.8) is 0 Å². The van der Waals surface area contributed by atoms with Gasteiger partial charge < -0.3 is 19.9 Å². The lowest BCUT2D eigenvalue weighted by molar-refractivity contribution is 0.0746. The third kappa shape index (κ3) is 4.26. The fourth-order valence-electron chi connectivity index (χ4n) is 3.28. The molecule has 0 saturated carbocycles. The third-order valence-corrected chi connectivity index (χ3v) is 4.77. The molecule has 0 aliphatic carbocycles. The zero-order chi connectivity index (χ0) is 20.1. The molecular formula is C21H22N6O2. The van der Waals surface area contributed by atoms with E-state index in [4.69, 9.17) is 4.74 Å². The molecule has 148 valence electrons. The largest absolute Gasteiger partial charge is 0.495 e. The summed E-state index contributed by atoms with van der Waals surface area (Å²) < 4.78 is 5.36. The van der Waals surface area contributed by atoms with Gasteiger partial charge in [-0.15, -0.1) is 0 Å². The number of ether oxygens (including phenoxy) is 1. The first-order valence-electron chi connectivity index (χ1n) is 9.41. The Morgan fingerprint density at radius 2 is 1.79 bits per heavy atom. The topological polar surface area (TPSA) is 83.5 Å². The predicted molar refractivity (Wildman–Crippen MR) is 111 cm³/mol. The van der Waals surface area contributed by atoms with Crippen LogP contribution in [-0.2, 0) is 0 Å². The number of amides is 1. The molecule has 1 amide bonds. The van der Waals surface area contributed by atoms with Crippen LogP contribution in [0.15, 0.2) is 61.2 Å². The highest BCUT2D eigenvalue weighted by Gasteiger charge is 2.23. The summed E-state index contributed by atoms with van der Waals surface area (Å²) in [6.07, 6.45) is 6.74. The molecule has 0 spiro atoms. The minimum atomic E-state index is -0.0326. The number of pyridine rings is 1. The Balaban J connectivity index is 1.43. The number of piperazine rings is 1. The number of methoxy groups -OCH3 is 1. The molecule has 0 radical (unpaired) electrons. The van der Waals surface area contributed by atoms with Gasteiger partial charge in [0, 0.05) is 44.8 Å². The lowest BCUT2D eigenvalue weighted by Gasteiger charge is -2.34. The number of aromatic nitrogens is 3. The van der Waals surface area contributed by atoms with Gasteiger partial charge in [-0.05, 0) is 24.3 Å². The number of carbonyl (C=O) groups is 1. The van der Waals surface area contributed by atoms with E-state index in [9.17, 15) is 4.79 Å². The van der Waals surface area contributed by atoms with Crippen molar-refractivity contribution in [2.75, 3.05) is 43.5 Å². The SMILES string of the molecule is COc1ccccc1Nc1cncc(C(=O)N2CCN(c3ncccn3)CC2)c1. The van der Waals surface area contributed by atoms with Crippen molar-refractivity contribution in [1.82, 2.24) is 19.9 Å². The Bertz CT molecular complexity index is 974. The van der Waals surface area contributed by atoms with Crippen LogP contribution in [0, 0.1) is 0 Å². The average Bonchev–Trinajstić information content (AvgIpc) is 2.80. The molecule has 1 N–H and O–H groups in total. The first-order valence-corrected chi connectivity index (χ1v) is 9.41. The summed E-state index contributed by atoms with van der Waals surface area (Å²) in [4.78, 5) is 29.7. The Kier molecular flexibility index (Phi) is 5.51. The highest BCUT2D eigenvalue weighted by atomic mass is 16.5. The van der Waals surface area contributed by atoms with E-state index >= 15 is 0 Å². The highest BCUT2D eigenvalue weighted by molar-refractivity contribution is 5.95. The van der Waals surface area contributed by atoms with Gasteiger partial charge in [-0.2, -0.15) is 0 Å². The predicted octanol–water partition coefficient (Wildman–Crippen LogP) is 2.59. The maximum absolute atomic E-state index is 13.0. The summed E-state index contributed by atoms with van der Waals surface area (Å²) in [7, 11) is 1.62. The van der Waals surface area contributed by atoms with Crippen molar-refractivity contribution in [3.05, 3.63) is 66.7 Å². The van der Waals surface area contributed by atoms with E-state index < -0.39 is 0 Å². The summed E-state index contributed by atoms with van der Waals surface area (Å²) >= 11 is 0. The van der Waals surface area contributed by atoms with E-state index in [1.165, 1.54) is 0 Å². The number of para-hydroxylation sites is 2. The van der Waals surface area contributed by atoms with Gasteiger partial charge in [0.25, 0.3) is 5.91 Å². The molecule has 8 nitrogen and oxygen atoms in total. The number of nitrogens with one attached hydrogen (secondary N) is 1. The van der Waals surface area contributed by atoms with Crippen LogP contribution in [-0.4, -0.2) is 59.0 Å². The van der Waals surface area contributed by atoms with Crippen LogP contribution in [0.2, 0.25) is 0 Å². The van der Waals surface area contributed by atoms with Crippen LogP contribution in [0.3, 0.4) is 0 Å². The summed E-state index contributed by atoms with van der Waals surface area (Å²) in [6, 6.07) is 11.2. The molecule has 2 aromatic heterocycles. The van der Waals surface area contributed by atoms with E-state index in [-0.39, 0.29) is 5.91 Å². The normalized spacial score (nSPS) is 13.8. The number of carbonyl (C=O) groups excluding carboxylic acids is 1. The quantitative estimate of drug-likeness (QED) is 0.717.